The summed E-state index contributed by atoms with van der Waals surface area (Å²) < 4.78 is 18.7. The van der Waals surface area contributed by atoms with Crippen molar-refractivity contribution in [3.05, 3.63) is 29.0 Å². The molecule has 0 radical (unpaired) electrons. The summed E-state index contributed by atoms with van der Waals surface area (Å²) in [4.78, 5) is 0.517. The molecule has 14 heavy (non-hydrogen) atoms. The van der Waals surface area contributed by atoms with Crippen LogP contribution >= 0.6 is 27.5 Å². The fourth-order valence-electron chi connectivity index (χ4n) is 1.35. The van der Waals surface area contributed by atoms with E-state index in [0.717, 1.165) is 12.8 Å². The second-order valence-electron chi connectivity index (χ2n) is 3.38. The zero-order valence-corrected chi connectivity index (χ0v) is 9.69. The first kappa shape index (κ1) is 10.2. The van der Waals surface area contributed by atoms with Gasteiger partial charge in [0.2, 0.25) is 0 Å². The van der Waals surface area contributed by atoms with Crippen LogP contribution in [0.15, 0.2) is 18.2 Å². The van der Waals surface area contributed by atoms with Crippen LogP contribution in [0.3, 0.4) is 0 Å². The average molecular weight is 280 g/mol. The van der Waals surface area contributed by atoms with Gasteiger partial charge in [-0.2, -0.15) is 0 Å². The molecule has 1 aromatic carbocycles. The molecule has 0 amide bonds. The standard InChI is InChI=1S/C10H9BrClFO/c11-6-3-8(4-6)14-10-2-1-7(12)5-9(10)13/h1-2,5-6,8H,3-4H2. The van der Waals surface area contributed by atoms with Crippen LogP contribution in [0.1, 0.15) is 12.8 Å². The highest BCUT2D eigenvalue weighted by atomic mass is 79.9. The zero-order chi connectivity index (χ0) is 10.1. The van der Waals surface area contributed by atoms with Gasteiger partial charge in [0.15, 0.2) is 11.6 Å². The fourth-order valence-corrected chi connectivity index (χ4v) is 2.34. The third-order valence-corrected chi connectivity index (χ3v) is 3.21. The Hall–Kier alpha value is -0.280. The predicted octanol–water partition coefficient (Wildman–Crippen LogP) is 3.78. The van der Waals surface area contributed by atoms with E-state index in [-0.39, 0.29) is 6.10 Å². The van der Waals surface area contributed by atoms with Gasteiger partial charge < -0.3 is 4.74 Å². The van der Waals surface area contributed by atoms with Crippen molar-refractivity contribution in [1.82, 2.24) is 0 Å². The zero-order valence-electron chi connectivity index (χ0n) is 7.34. The average Bonchev–Trinajstić information content (AvgIpc) is 2.06. The summed E-state index contributed by atoms with van der Waals surface area (Å²) >= 11 is 9.07. The number of halogens is 3. The minimum Gasteiger partial charge on any atom is -0.487 e. The van der Waals surface area contributed by atoms with E-state index in [2.05, 4.69) is 15.9 Å². The van der Waals surface area contributed by atoms with Gasteiger partial charge in [-0.1, -0.05) is 27.5 Å². The smallest absolute Gasteiger partial charge is 0.166 e. The fraction of sp³-hybridized carbons (Fsp3) is 0.400. The molecule has 1 saturated carbocycles. The van der Waals surface area contributed by atoms with Gasteiger partial charge in [-0.05, 0) is 31.0 Å². The van der Waals surface area contributed by atoms with Crippen molar-refractivity contribution in [3.63, 3.8) is 0 Å². The maximum Gasteiger partial charge on any atom is 0.166 e. The molecule has 0 aromatic heterocycles. The Balaban J connectivity index is 2.02. The van der Waals surface area contributed by atoms with E-state index in [0.29, 0.717) is 15.6 Å². The first-order chi connectivity index (χ1) is 6.65. The van der Waals surface area contributed by atoms with Crippen molar-refractivity contribution in [2.24, 2.45) is 0 Å². The highest BCUT2D eigenvalue weighted by Gasteiger charge is 2.29. The van der Waals surface area contributed by atoms with Gasteiger partial charge in [0.05, 0.1) is 0 Å². The van der Waals surface area contributed by atoms with Gasteiger partial charge in [-0.15, -0.1) is 0 Å². The molecule has 0 unspecified atom stereocenters. The Bertz CT molecular complexity index is 339. The SMILES string of the molecule is Fc1cc(Cl)ccc1OC1CC(Br)C1. The summed E-state index contributed by atoms with van der Waals surface area (Å²) in [6.45, 7) is 0. The van der Waals surface area contributed by atoms with Crippen molar-refractivity contribution in [2.75, 3.05) is 0 Å². The lowest BCUT2D eigenvalue weighted by atomic mass is 9.96. The van der Waals surface area contributed by atoms with E-state index in [9.17, 15) is 4.39 Å². The number of ether oxygens (including phenoxy) is 1. The maximum absolute atomic E-state index is 13.2. The molecular formula is C10H9BrClFO. The number of hydrogen-bond acceptors (Lipinski definition) is 1. The van der Waals surface area contributed by atoms with Gasteiger partial charge in [-0.25, -0.2) is 4.39 Å². The molecular weight excluding hydrogens is 270 g/mol. The summed E-state index contributed by atoms with van der Waals surface area (Å²) in [6, 6.07) is 4.46. The molecule has 1 aliphatic rings. The molecule has 0 atom stereocenters. The molecule has 0 heterocycles. The number of rotatable bonds is 2. The molecule has 76 valence electrons. The minimum atomic E-state index is -0.393. The molecule has 0 aliphatic heterocycles. The van der Waals surface area contributed by atoms with Crippen molar-refractivity contribution in [1.29, 1.82) is 0 Å². The van der Waals surface area contributed by atoms with Crippen LogP contribution in [0.5, 0.6) is 5.75 Å². The van der Waals surface area contributed by atoms with Crippen molar-refractivity contribution in [2.45, 2.75) is 23.8 Å². The normalized spacial score (nSPS) is 25.6. The monoisotopic (exact) mass is 278 g/mol. The summed E-state index contributed by atoms with van der Waals surface area (Å²) in [6.07, 6.45) is 2.00. The first-order valence-corrected chi connectivity index (χ1v) is 5.70. The van der Waals surface area contributed by atoms with E-state index in [4.69, 9.17) is 16.3 Å². The van der Waals surface area contributed by atoms with Gasteiger partial charge in [0, 0.05) is 9.85 Å². The highest BCUT2D eigenvalue weighted by Crippen LogP contribution is 2.32. The Kier molecular flexibility index (Phi) is 2.98. The molecule has 0 spiro atoms. The van der Waals surface area contributed by atoms with Gasteiger partial charge in [0.1, 0.15) is 6.10 Å². The summed E-state index contributed by atoms with van der Waals surface area (Å²) in [7, 11) is 0. The molecule has 4 heteroatoms. The Morgan fingerprint density at radius 2 is 2.14 bits per heavy atom. The molecule has 1 aliphatic carbocycles. The van der Waals surface area contributed by atoms with Crippen LogP contribution in [0.2, 0.25) is 5.02 Å². The van der Waals surface area contributed by atoms with E-state index in [1.165, 1.54) is 6.07 Å². The van der Waals surface area contributed by atoms with E-state index >= 15 is 0 Å². The molecule has 0 saturated heterocycles. The first-order valence-electron chi connectivity index (χ1n) is 4.41. The number of hydrogen-bond donors (Lipinski definition) is 0. The second-order valence-corrected chi connectivity index (χ2v) is 5.11. The van der Waals surface area contributed by atoms with Crippen LogP contribution in [0.25, 0.3) is 0 Å². The Labute approximate surface area is 95.3 Å². The molecule has 0 bridgehead atoms. The molecule has 2 rings (SSSR count). The lowest BCUT2D eigenvalue weighted by Gasteiger charge is -2.31. The van der Waals surface area contributed by atoms with Crippen LogP contribution < -0.4 is 4.74 Å². The summed E-state index contributed by atoms with van der Waals surface area (Å²) in [5.74, 6) is -0.102. The summed E-state index contributed by atoms with van der Waals surface area (Å²) in [5, 5.41) is 0.391. The Morgan fingerprint density at radius 3 is 2.71 bits per heavy atom. The predicted molar refractivity (Wildman–Crippen MR) is 57.8 cm³/mol. The molecule has 0 N–H and O–H groups in total. The minimum absolute atomic E-state index is 0.134. The lowest BCUT2D eigenvalue weighted by Crippen LogP contribution is -2.34. The summed E-state index contributed by atoms with van der Waals surface area (Å²) in [5.41, 5.74) is 0. The second kappa shape index (κ2) is 4.07. The largest absolute Gasteiger partial charge is 0.487 e. The lowest BCUT2D eigenvalue weighted by molar-refractivity contribution is 0.122. The van der Waals surface area contributed by atoms with Gasteiger partial charge in [0.25, 0.3) is 0 Å². The molecule has 1 fully saturated rings. The third kappa shape index (κ3) is 2.20. The highest BCUT2D eigenvalue weighted by molar-refractivity contribution is 9.09. The quantitative estimate of drug-likeness (QED) is 0.749. The van der Waals surface area contributed by atoms with Crippen LogP contribution in [-0.4, -0.2) is 10.9 Å². The number of alkyl halides is 1. The topological polar surface area (TPSA) is 9.23 Å². The maximum atomic E-state index is 13.2. The van der Waals surface area contributed by atoms with Crippen molar-refractivity contribution >= 4 is 27.5 Å². The van der Waals surface area contributed by atoms with Gasteiger partial charge in [-0.3, -0.25) is 0 Å². The van der Waals surface area contributed by atoms with E-state index in [1.54, 1.807) is 12.1 Å². The van der Waals surface area contributed by atoms with Crippen molar-refractivity contribution in [3.8, 4) is 5.75 Å². The van der Waals surface area contributed by atoms with Crippen LogP contribution in [0.4, 0.5) is 4.39 Å². The number of benzene rings is 1. The molecule has 1 nitrogen and oxygen atoms in total. The van der Waals surface area contributed by atoms with Crippen LogP contribution in [-0.2, 0) is 0 Å². The van der Waals surface area contributed by atoms with Crippen LogP contribution in [0, 0.1) is 5.82 Å². The van der Waals surface area contributed by atoms with Gasteiger partial charge >= 0.3 is 0 Å². The third-order valence-electron chi connectivity index (χ3n) is 2.22. The van der Waals surface area contributed by atoms with Crippen molar-refractivity contribution < 1.29 is 9.13 Å². The molecule has 1 aromatic rings. The van der Waals surface area contributed by atoms with E-state index < -0.39 is 5.82 Å². The Morgan fingerprint density at radius 1 is 1.43 bits per heavy atom. The van der Waals surface area contributed by atoms with E-state index in [1.807, 2.05) is 0 Å².